The number of nitrogen functional groups attached to an aromatic ring is 1. The summed E-state index contributed by atoms with van der Waals surface area (Å²) in [6.45, 7) is 0.154. The first-order valence-electron chi connectivity index (χ1n) is 12.7. The lowest BCUT2D eigenvalue weighted by Gasteiger charge is -2.33. The van der Waals surface area contributed by atoms with Gasteiger partial charge in [0.15, 0.2) is 5.69 Å². The molecule has 0 spiro atoms. The van der Waals surface area contributed by atoms with Crippen molar-refractivity contribution in [2.75, 3.05) is 24.7 Å². The number of nitrogens with one attached hydrogen (secondary N) is 1. The smallest absolute Gasteiger partial charge is 0.270 e. The Balaban J connectivity index is 1.78. The molecular weight excluding hydrogens is 500 g/mol. The topological polar surface area (TPSA) is 135 Å². The number of primary amides is 1. The van der Waals surface area contributed by atoms with Gasteiger partial charge in [0, 0.05) is 32.4 Å². The number of benzene rings is 2. The molecule has 1 aromatic heterocycles. The molecule has 1 fully saturated rings. The van der Waals surface area contributed by atoms with Crippen LogP contribution in [0.5, 0.6) is 0 Å². The molecule has 1 atom stereocenters. The van der Waals surface area contributed by atoms with Crippen LogP contribution in [0, 0.1) is 0 Å². The fourth-order valence-electron chi connectivity index (χ4n) is 4.77. The molecule has 1 unspecified atom stereocenters. The van der Waals surface area contributed by atoms with E-state index in [1.54, 1.807) is 0 Å². The summed E-state index contributed by atoms with van der Waals surface area (Å²) in [6.07, 6.45) is 5.11. The molecule has 5 N–H and O–H groups in total. The Morgan fingerprint density at radius 3 is 2.26 bits per heavy atom. The zero-order valence-electron chi connectivity index (χ0n) is 21.7. The molecule has 1 saturated carbocycles. The van der Waals surface area contributed by atoms with E-state index in [-0.39, 0.29) is 34.8 Å². The van der Waals surface area contributed by atoms with Crippen LogP contribution >= 0.6 is 11.5 Å². The van der Waals surface area contributed by atoms with Crippen molar-refractivity contribution in [3.05, 3.63) is 76.3 Å². The number of aromatic nitrogens is 1. The van der Waals surface area contributed by atoms with Crippen molar-refractivity contribution >= 4 is 40.6 Å². The highest BCUT2D eigenvalue weighted by atomic mass is 32.1. The van der Waals surface area contributed by atoms with Gasteiger partial charge in [0.1, 0.15) is 10.9 Å². The molecule has 38 heavy (non-hydrogen) atoms. The maximum atomic E-state index is 14.1. The highest BCUT2D eigenvalue weighted by Crippen LogP contribution is 2.31. The molecule has 9 nitrogen and oxygen atoms in total. The minimum absolute atomic E-state index is 0.0587. The van der Waals surface area contributed by atoms with E-state index in [1.807, 2.05) is 73.6 Å². The lowest BCUT2D eigenvalue weighted by atomic mass is 9.94. The highest BCUT2D eigenvalue weighted by molar-refractivity contribution is 7.09. The third-order valence-corrected chi connectivity index (χ3v) is 7.70. The Bertz CT molecular complexity index is 1270. The monoisotopic (exact) mass is 534 g/mol. The zero-order valence-corrected chi connectivity index (χ0v) is 22.5. The number of hydrogen-bond acceptors (Lipinski definition) is 7. The molecule has 1 heterocycles. The van der Waals surface area contributed by atoms with E-state index in [9.17, 15) is 14.4 Å². The van der Waals surface area contributed by atoms with Gasteiger partial charge in [0.25, 0.3) is 11.8 Å². The summed E-state index contributed by atoms with van der Waals surface area (Å²) in [6, 6.07) is 16.2. The maximum Gasteiger partial charge on any atom is 0.270 e. The lowest BCUT2D eigenvalue weighted by molar-refractivity contribution is -0.127. The van der Waals surface area contributed by atoms with E-state index in [2.05, 4.69) is 9.69 Å². The van der Waals surface area contributed by atoms with Gasteiger partial charge in [-0.2, -0.15) is 4.37 Å². The fraction of sp³-hybridized carbons (Fsp3) is 0.357. The van der Waals surface area contributed by atoms with Crippen LogP contribution in [0.3, 0.4) is 0 Å². The summed E-state index contributed by atoms with van der Waals surface area (Å²) in [4.78, 5) is 43.4. The molecule has 1 aliphatic rings. The van der Waals surface area contributed by atoms with Crippen molar-refractivity contribution in [2.24, 2.45) is 5.73 Å². The Morgan fingerprint density at radius 2 is 1.68 bits per heavy atom. The van der Waals surface area contributed by atoms with Crippen molar-refractivity contribution in [3.63, 3.8) is 0 Å². The number of anilines is 2. The molecule has 1 aliphatic carbocycles. The zero-order chi connectivity index (χ0) is 27.2. The van der Waals surface area contributed by atoms with Gasteiger partial charge in [0.2, 0.25) is 5.91 Å². The van der Waals surface area contributed by atoms with E-state index in [4.69, 9.17) is 11.5 Å². The van der Waals surface area contributed by atoms with Crippen LogP contribution in [0.1, 0.15) is 69.4 Å². The quantitative estimate of drug-likeness (QED) is 0.383. The number of rotatable bonds is 9. The summed E-state index contributed by atoms with van der Waals surface area (Å²) >= 11 is 0.812. The molecule has 0 saturated heterocycles. The summed E-state index contributed by atoms with van der Waals surface area (Å²) < 4.78 is 4.02. The summed E-state index contributed by atoms with van der Waals surface area (Å²) in [7, 11) is 3.88. The largest absolute Gasteiger partial charge is 0.395 e. The molecule has 10 heteroatoms. The standard InChI is InChI=1S/C28H34N6O3S/c1-33(2)21-15-13-19(14-16-21)24(27(36)31-20-11-7-4-8-12-20)34(17-18-9-5-3-6-10-18)28(37)25-22(29)23(26(30)35)32-38-25/h3,5-6,9-10,13-16,20,24H,4,7-8,11-12,17,29H2,1-2H3,(H2,30,35)(H,31,36). The van der Waals surface area contributed by atoms with E-state index < -0.39 is 17.9 Å². The number of amides is 3. The summed E-state index contributed by atoms with van der Waals surface area (Å²) in [5.74, 6) is -1.55. The summed E-state index contributed by atoms with van der Waals surface area (Å²) in [5.41, 5.74) is 13.8. The number of carbonyl (C=O) groups excluding carboxylic acids is 3. The molecular formula is C28H34N6O3S. The predicted octanol–water partition coefficient (Wildman–Crippen LogP) is 3.72. The summed E-state index contributed by atoms with van der Waals surface area (Å²) in [5, 5.41) is 3.20. The van der Waals surface area contributed by atoms with Crippen molar-refractivity contribution in [1.82, 2.24) is 14.6 Å². The number of carbonyl (C=O) groups is 3. The second-order valence-electron chi connectivity index (χ2n) is 9.79. The number of nitrogens with two attached hydrogens (primary N) is 2. The van der Waals surface area contributed by atoms with Crippen molar-refractivity contribution in [1.29, 1.82) is 0 Å². The lowest BCUT2D eigenvalue weighted by Crippen LogP contribution is -2.46. The van der Waals surface area contributed by atoms with Crippen LogP contribution in [0.2, 0.25) is 0 Å². The first kappa shape index (κ1) is 27.1. The average Bonchev–Trinajstić information content (AvgIpc) is 3.31. The van der Waals surface area contributed by atoms with E-state index >= 15 is 0 Å². The highest BCUT2D eigenvalue weighted by Gasteiger charge is 2.36. The van der Waals surface area contributed by atoms with Gasteiger partial charge in [-0.3, -0.25) is 14.4 Å². The van der Waals surface area contributed by atoms with E-state index in [1.165, 1.54) is 4.90 Å². The van der Waals surface area contributed by atoms with Gasteiger partial charge in [-0.15, -0.1) is 0 Å². The number of nitrogens with zero attached hydrogens (tertiary/aromatic N) is 3. The molecule has 4 rings (SSSR count). The third kappa shape index (κ3) is 6.13. The fourth-order valence-corrected chi connectivity index (χ4v) is 5.54. The second-order valence-corrected chi connectivity index (χ2v) is 10.6. The van der Waals surface area contributed by atoms with Crippen molar-refractivity contribution in [3.8, 4) is 0 Å². The average molecular weight is 535 g/mol. The van der Waals surface area contributed by atoms with Crippen molar-refractivity contribution in [2.45, 2.75) is 50.7 Å². The molecule has 0 bridgehead atoms. The first-order valence-corrected chi connectivity index (χ1v) is 13.5. The van der Waals surface area contributed by atoms with Gasteiger partial charge in [0.05, 0.1) is 5.69 Å². The molecule has 0 aliphatic heterocycles. The van der Waals surface area contributed by atoms with Crippen LogP contribution in [-0.2, 0) is 11.3 Å². The maximum absolute atomic E-state index is 14.1. The van der Waals surface area contributed by atoms with Crippen LogP contribution in [-0.4, -0.2) is 47.1 Å². The van der Waals surface area contributed by atoms with Crippen LogP contribution in [0.15, 0.2) is 54.6 Å². The van der Waals surface area contributed by atoms with Gasteiger partial charge in [-0.05, 0) is 47.6 Å². The Morgan fingerprint density at radius 1 is 1.03 bits per heavy atom. The van der Waals surface area contributed by atoms with Gasteiger partial charge >= 0.3 is 0 Å². The van der Waals surface area contributed by atoms with Gasteiger partial charge in [-0.1, -0.05) is 61.7 Å². The predicted molar refractivity (Wildman–Crippen MR) is 150 cm³/mol. The van der Waals surface area contributed by atoms with Crippen molar-refractivity contribution < 1.29 is 14.4 Å². The Kier molecular flexibility index (Phi) is 8.62. The second kappa shape index (κ2) is 12.1. The normalized spacial score (nSPS) is 14.5. The SMILES string of the molecule is CN(C)c1ccc(C(C(=O)NC2CCCCC2)N(Cc2ccccc2)C(=O)c2snc(C(N)=O)c2N)cc1. The molecule has 0 radical (unpaired) electrons. The Labute approximate surface area is 227 Å². The minimum Gasteiger partial charge on any atom is -0.395 e. The van der Waals surface area contributed by atoms with Crippen LogP contribution in [0.4, 0.5) is 11.4 Å². The minimum atomic E-state index is -0.931. The molecule has 3 amide bonds. The van der Waals surface area contributed by atoms with Gasteiger partial charge < -0.3 is 26.6 Å². The third-order valence-electron chi connectivity index (χ3n) is 6.85. The van der Waals surface area contributed by atoms with E-state index in [0.717, 1.165) is 54.9 Å². The van der Waals surface area contributed by atoms with Crippen LogP contribution < -0.4 is 21.7 Å². The molecule has 2 aromatic carbocycles. The molecule has 200 valence electrons. The van der Waals surface area contributed by atoms with E-state index in [0.29, 0.717) is 5.56 Å². The van der Waals surface area contributed by atoms with Gasteiger partial charge in [-0.25, -0.2) is 0 Å². The molecule has 3 aromatic rings. The first-order chi connectivity index (χ1) is 18.3. The van der Waals surface area contributed by atoms with Crippen LogP contribution in [0.25, 0.3) is 0 Å². The number of hydrogen-bond donors (Lipinski definition) is 3. The Hall–Kier alpha value is -3.92.